The molecule has 3 fully saturated rings. The van der Waals surface area contributed by atoms with Crippen LogP contribution in [0.3, 0.4) is 0 Å². The molecule has 5 heterocycles. The monoisotopic (exact) mass is 529 g/mol. The van der Waals surface area contributed by atoms with Crippen LogP contribution in [-0.2, 0) is 15.1 Å². The summed E-state index contributed by atoms with van der Waals surface area (Å²) in [6.45, 7) is 4.28. The van der Waals surface area contributed by atoms with Crippen molar-refractivity contribution in [2.24, 2.45) is 5.92 Å². The third kappa shape index (κ3) is 4.90. The van der Waals surface area contributed by atoms with Gasteiger partial charge in [-0.3, -0.25) is 10.1 Å². The van der Waals surface area contributed by atoms with E-state index in [1.54, 1.807) is 24.3 Å². The maximum atomic E-state index is 13.5. The lowest BCUT2D eigenvalue weighted by Gasteiger charge is -2.52. The number of carbonyl (C=O) groups is 1. The molecule has 2 bridgehead atoms. The Hall–Kier alpha value is -2.79. The van der Waals surface area contributed by atoms with E-state index in [2.05, 4.69) is 0 Å². The van der Waals surface area contributed by atoms with Gasteiger partial charge in [0, 0.05) is 37.3 Å². The molecule has 1 atom stereocenters. The lowest BCUT2D eigenvalue weighted by molar-refractivity contribution is -0.946. The summed E-state index contributed by atoms with van der Waals surface area (Å²) in [6, 6.07) is 13.3. The molecule has 8 nitrogen and oxygen atoms in total. The lowest BCUT2D eigenvalue weighted by atomic mass is 9.83. The Labute approximate surface area is 217 Å². The van der Waals surface area contributed by atoms with Crippen LogP contribution in [0.5, 0.6) is 5.75 Å². The molecule has 1 N–H and O–H groups in total. The number of nitro benzene ring substituents is 1. The predicted molar refractivity (Wildman–Crippen MR) is 137 cm³/mol. The number of hydrogen-bond donors (Lipinski definition) is 1. The molecule has 0 unspecified atom stereocenters. The third-order valence-corrected chi connectivity index (χ3v) is 9.40. The number of rotatable bonds is 10. The van der Waals surface area contributed by atoms with Gasteiger partial charge in [0.15, 0.2) is 6.10 Å². The molecule has 3 aromatic rings. The van der Waals surface area contributed by atoms with Crippen LogP contribution in [0.15, 0.2) is 59.3 Å². The van der Waals surface area contributed by atoms with Gasteiger partial charge in [-0.25, -0.2) is 4.79 Å². The van der Waals surface area contributed by atoms with Crippen LogP contribution in [-0.4, -0.2) is 59.4 Å². The van der Waals surface area contributed by atoms with Crippen molar-refractivity contribution in [2.45, 2.75) is 31.0 Å². The van der Waals surface area contributed by atoms with Crippen LogP contribution in [0.2, 0.25) is 0 Å². The van der Waals surface area contributed by atoms with Crippen molar-refractivity contribution >= 4 is 34.3 Å². The van der Waals surface area contributed by atoms with Gasteiger partial charge < -0.3 is 19.1 Å². The number of thiophene rings is 2. The summed E-state index contributed by atoms with van der Waals surface area (Å²) in [4.78, 5) is 25.0. The van der Waals surface area contributed by atoms with Crippen molar-refractivity contribution in [3.63, 3.8) is 0 Å². The van der Waals surface area contributed by atoms with E-state index in [1.165, 1.54) is 34.8 Å². The van der Waals surface area contributed by atoms with Crippen LogP contribution in [0.4, 0.5) is 5.69 Å². The van der Waals surface area contributed by atoms with E-state index in [0.717, 1.165) is 49.9 Å². The molecule has 0 saturated carbocycles. The van der Waals surface area contributed by atoms with E-state index < -0.39 is 16.5 Å². The zero-order valence-electron chi connectivity index (χ0n) is 19.8. The predicted octanol–water partition coefficient (Wildman–Crippen LogP) is 4.58. The highest BCUT2D eigenvalue weighted by atomic mass is 32.1. The number of benzene rings is 1. The van der Waals surface area contributed by atoms with E-state index in [-0.39, 0.29) is 11.8 Å². The summed E-state index contributed by atoms with van der Waals surface area (Å²) in [5.74, 6) is 0.346. The van der Waals surface area contributed by atoms with Crippen molar-refractivity contribution in [1.82, 2.24) is 0 Å². The fourth-order valence-corrected chi connectivity index (χ4v) is 7.15. The molecular weight excluding hydrogens is 500 g/mol. The maximum absolute atomic E-state index is 13.5. The molecule has 6 rings (SSSR count). The van der Waals surface area contributed by atoms with Gasteiger partial charge in [0.05, 0.1) is 40.9 Å². The number of nitro groups is 1. The first-order valence-corrected chi connectivity index (χ1v) is 13.9. The van der Waals surface area contributed by atoms with Gasteiger partial charge in [-0.2, -0.15) is 0 Å². The number of hydrogen-bond acceptors (Lipinski definition) is 8. The first kappa shape index (κ1) is 24.9. The minimum Gasteiger partial charge on any atom is -0.493 e. The van der Waals surface area contributed by atoms with Crippen molar-refractivity contribution in [1.29, 1.82) is 0 Å². The van der Waals surface area contributed by atoms with E-state index in [1.807, 2.05) is 22.9 Å². The molecule has 10 heteroatoms. The number of piperidine rings is 3. The number of carbonyl (C=O) groups excluding carboxylic acids is 1. The highest BCUT2D eigenvalue weighted by Crippen LogP contribution is 2.40. The second kappa shape index (κ2) is 10.3. The maximum Gasteiger partial charge on any atom is 0.349 e. The zero-order valence-corrected chi connectivity index (χ0v) is 21.4. The highest BCUT2D eigenvalue weighted by molar-refractivity contribution is 7.12. The topological polar surface area (TPSA) is 98.9 Å². The summed E-state index contributed by atoms with van der Waals surface area (Å²) in [5, 5.41) is 26.1. The van der Waals surface area contributed by atoms with E-state index in [9.17, 15) is 20.0 Å². The number of esters is 1. The molecule has 0 radical (unpaired) electrons. The fraction of sp³-hybridized carbons (Fsp3) is 0.423. The average molecular weight is 530 g/mol. The molecule has 190 valence electrons. The minimum absolute atomic E-state index is 0.0440. The van der Waals surface area contributed by atoms with Gasteiger partial charge in [-0.1, -0.05) is 12.1 Å². The molecule has 3 saturated heterocycles. The summed E-state index contributed by atoms with van der Waals surface area (Å²) in [7, 11) is 0. The highest BCUT2D eigenvalue weighted by Gasteiger charge is 2.51. The second-order valence-corrected chi connectivity index (χ2v) is 11.5. The molecule has 2 aromatic heterocycles. The van der Waals surface area contributed by atoms with Gasteiger partial charge in [0.1, 0.15) is 12.3 Å². The fourth-order valence-electron chi connectivity index (χ4n) is 5.44. The van der Waals surface area contributed by atoms with E-state index in [4.69, 9.17) is 9.47 Å². The van der Waals surface area contributed by atoms with Crippen LogP contribution in [0.1, 0.15) is 29.0 Å². The summed E-state index contributed by atoms with van der Waals surface area (Å²) in [6.07, 6.45) is 2.60. The van der Waals surface area contributed by atoms with Gasteiger partial charge >= 0.3 is 5.97 Å². The smallest absolute Gasteiger partial charge is 0.349 e. The number of nitrogens with zero attached hydrogens (tertiary/aromatic N) is 2. The van der Waals surface area contributed by atoms with Gasteiger partial charge in [-0.15, -0.1) is 22.7 Å². The Morgan fingerprint density at radius 2 is 1.72 bits per heavy atom. The van der Waals surface area contributed by atoms with Gasteiger partial charge in [0.2, 0.25) is 5.60 Å². The number of quaternary nitrogens is 1. The molecule has 36 heavy (non-hydrogen) atoms. The molecule has 0 aliphatic carbocycles. The van der Waals surface area contributed by atoms with Crippen LogP contribution < -0.4 is 4.74 Å². The SMILES string of the molecule is O=C(O[C@H]1C[N+]2(CCCOc3ccc([N+](=O)[O-])cc3)CCC1CC2)C(O)(c1cccs1)c1cccs1. The Kier molecular flexibility index (Phi) is 7.11. The Balaban J connectivity index is 1.20. The Bertz CT molecular complexity index is 1140. The van der Waals surface area contributed by atoms with Crippen molar-refractivity contribution in [3.05, 3.63) is 79.2 Å². The summed E-state index contributed by atoms with van der Waals surface area (Å²) < 4.78 is 12.8. The summed E-state index contributed by atoms with van der Waals surface area (Å²) >= 11 is 2.70. The van der Waals surface area contributed by atoms with E-state index in [0.29, 0.717) is 28.0 Å². The normalized spacial score (nSPS) is 23.4. The quantitative estimate of drug-likeness (QED) is 0.136. The van der Waals surface area contributed by atoms with Crippen molar-refractivity contribution < 1.29 is 28.8 Å². The van der Waals surface area contributed by atoms with E-state index >= 15 is 0 Å². The van der Waals surface area contributed by atoms with Crippen LogP contribution in [0, 0.1) is 16.0 Å². The number of aliphatic hydroxyl groups is 1. The molecular formula is C26H29N2O6S2+. The lowest BCUT2D eigenvalue weighted by Crippen LogP contribution is -2.65. The van der Waals surface area contributed by atoms with Gasteiger partial charge in [-0.05, 0) is 35.0 Å². The molecule has 0 spiro atoms. The Morgan fingerprint density at radius 1 is 1.08 bits per heavy atom. The van der Waals surface area contributed by atoms with Gasteiger partial charge in [0.25, 0.3) is 5.69 Å². The Morgan fingerprint density at radius 3 is 2.28 bits per heavy atom. The first-order valence-electron chi connectivity index (χ1n) is 12.1. The standard InChI is InChI=1S/C26H29N2O6S2/c29-25(26(30,23-4-1-16-35-23)24-5-2-17-36-24)34-22-18-28(13-10-19(22)11-14-28)12-3-15-33-21-8-6-20(7-9-21)27(31)32/h1-2,4-9,16-17,19,22,30H,3,10-15,18H2/q+1/t19?,22-,28?/m0/s1. The van der Waals surface area contributed by atoms with Crippen LogP contribution >= 0.6 is 22.7 Å². The van der Waals surface area contributed by atoms with Crippen LogP contribution in [0.25, 0.3) is 0 Å². The minimum atomic E-state index is -1.78. The first-order chi connectivity index (χ1) is 17.4. The molecule has 3 aliphatic heterocycles. The van der Waals surface area contributed by atoms with Crippen molar-refractivity contribution in [3.8, 4) is 5.75 Å². The third-order valence-electron chi connectivity index (χ3n) is 7.44. The average Bonchev–Trinajstić information content (AvgIpc) is 3.63. The summed E-state index contributed by atoms with van der Waals surface area (Å²) in [5.41, 5.74) is -1.74. The number of fused-ring (bicyclic) bond motifs is 3. The largest absolute Gasteiger partial charge is 0.493 e. The van der Waals surface area contributed by atoms with Crippen molar-refractivity contribution in [2.75, 3.05) is 32.8 Å². The number of non-ortho nitro benzene ring substituents is 1. The molecule has 3 aliphatic rings. The number of ether oxygens (including phenoxy) is 2. The molecule has 1 aromatic carbocycles. The second-order valence-electron chi connectivity index (χ2n) is 9.59. The zero-order chi connectivity index (χ0) is 25.2. The molecule has 0 amide bonds.